The normalized spacial score (nSPS) is 11.4. The number of ether oxygens (including phenoxy) is 4. The van der Waals surface area contributed by atoms with Crippen molar-refractivity contribution in [2.24, 2.45) is 0 Å². The molecule has 0 bridgehead atoms. The first kappa shape index (κ1) is 35.3. The maximum atomic E-state index is 12.6. The lowest BCUT2D eigenvalue weighted by atomic mass is 10.2. The van der Waals surface area contributed by atoms with Crippen molar-refractivity contribution in [1.82, 2.24) is 9.97 Å². The number of aromatic nitrogens is 2. The molecule has 4 aromatic rings. The van der Waals surface area contributed by atoms with Crippen LogP contribution in [-0.2, 0) is 23.7 Å². The van der Waals surface area contributed by atoms with E-state index in [2.05, 4.69) is 10.3 Å². The smallest absolute Gasteiger partial charge is 0.332 e. The van der Waals surface area contributed by atoms with Crippen LogP contribution in [0.5, 0.6) is 5.75 Å². The van der Waals surface area contributed by atoms with Gasteiger partial charge in [-0.2, -0.15) is 0 Å². The van der Waals surface area contributed by atoms with Gasteiger partial charge in [-0.3, -0.25) is 10.1 Å². The number of anilines is 3. The zero-order chi connectivity index (χ0) is 33.1. The Bertz CT molecular complexity index is 1590. The van der Waals surface area contributed by atoms with Crippen LogP contribution >= 0.6 is 34.3 Å². The number of phenols is 1. The van der Waals surface area contributed by atoms with Crippen molar-refractivity contribution in [1.29, 1.82) is 0 Å². The van der Waals surface area contributed by atoms with Gasteiger partial charge in [-0.25, -0.2) is 14.8 Å². The minimum absolute atomic E-state index is 0.0516. The zero-order valence-corrected chi connectivity index (χ0v) is 28.5. The summed E-state index contributed by atoms with van der Waals surface area (Å²) in [5.74, 6) is -0.604. The SMILES string of the molecule is Cc1nc(NC(=O)c2ccccc2)sc1-c1csc(N(CCOCCOCCOCC(=O)OC(C)(C)C)c2cc(Cl)ccc2O)n1. The van der Waals surface area contributed by atoms with Crippen molar-refractivity contribution in [3.63, 3.8) is 0 Å². The Morgan fingerprint density at radius 2 is 1.67 bits per heavy atom. The van der Waals surface area contributed by atoms with Gasteiger partial charge in [-0.15, -0.1) is 11.3 Å². The van der Waals surface area contributed by atoms with Gasteiger partial charge < -0.3 is 29.0 Å². The standard InChI is InChI=1S/C32H37ClN4O7S2/c1-21-28(46-30(34-21)36-29(40)22-8-6-5-7-9-22)24-20-45-31(35-24)37(25-18-23(33)10-11-26(25)38)12-13-41-14-15-42-16-17-43-19-27(39)44-32(2,3)4/h5-11,18,20,38H,12-17,19H2,1-4H3,(H,34,36,40). The van der Waals surface area contributed by atoms with Gasteiger partial charge in [0.2, 0.25) is 0 Å². The van der Waals surface area contributed by atoms with Gasteiger partial charge in [0.05, 0.1) is 55.0 Å². The van der Waals surface area contributed by atoms with E-state index in [-0.39, 0.29) is 24.9 Å². The summed E-state index contributed by atoms with van der Waals surface area (Å²) in [6.45, 7) is 9.07. The molecule has 0 aliphatic heterocycles. The molecule has 0 saturated carbocycles. The lowest BCUT2D eigenvalue weighted by molar-refractivity contribution is -0.160. The van der Waals surface area contributed by atoms with Crippen molar-refractivity contribution >= 4 is 62.1 Å². The number of aromatic hydroxyl groups is 1. The summed E-state index contributed by atoms with van der Waals surface area (Å²) in [6, 6.07) is 13.8. The van der Waals surface area contributed by atoms with E-state index in [0.717, 1.165) is 10.6 Å². The molecule has 46 heavy (non-hydrogen) atoms. The Labute approximate surface area is 281 Å². The van der Waals surface area contributed by atoms with Crippen molar-refractivity contribution in [3.05, 3.63) is 70.2 Å². The molecule has 2 aromatic heterocycles. The third kappa shape index (κ3) is 10.7. The first-order valence-corrected chi connectivity index (χ1v) is 16.6. The highest BCUT2D eigenvalue weighted by molar-refractivity contribution is 7.20. The summed E-state index contributed by atoms with van der Waals surface area (Å²) in [4.78, 5) is 36.4. The van der Waals surface area contributed by atoms with Crippen LogP contribution in [0, 0.1) is 6.92 Å². The Balaban J connectivity index is 1.32. The second-order valence-corrected chi connectivity index (χ2v) is 13.2. The van der Waals surface area contributed by atoms with Crippen LogP contribution in [0.25, 0.3) is 10.6 Å². The molecule has 4 rings (SSSR count). The molecule has 2 aromatic carbocycles. The van der Waals surface area contributed by atoms with E-state index in [1.165, 1.54) is 28.7 Å². The number of aryl methyl sites for hydroxylation is 1. The molecule has 0 aliphatic rings. The van der Waals surface area contributed by atoms with Gasteiger partial charge >= 0.3 is 5.97 Å². The van der Waals surface area contributed by atoms with Crippen LogP contribution in [0.2, 0.25) is 5.02 Å². The monoisotopic (exact) mass is 688 g/mol. The van der Waals surface area contributed by atoms with E-state index in [1.807, 2.05) is 23.3 Å². The average molecular weight is 689 g/mol. The predicted molar refractivity (Wildman–Crippen MR) is 181 cm³/mol. The van der Waals surface area contributed by atoms with Gasteiger partial charge in [0.15, 0.2) is 10.3 Å². The third-order valence-corrected chi connectivity index (χ3v) is 8.27. The molecule has 14 heteroatoms. The van der Waals surface area contributed by atoms with E-state index >= 15 is 0 Å². The zero-order valence-electron chi connectivity index (χ0n) is 26.1. The number of thiazole rings is 2. The fourth-order valence-corrected chi connectivity index (χ4v) is 6.11. The van der Waals surface area contributed by atoms with Gasteiger partial charge in [0.1, 0.15) is 18.0 Å². The maximum Gasteiger partial charge on any atom is 0.332 e. The molecule has 0 saturated heterocycles. The summed E-state index contributed by atoms with van der Waals surface area (Å²) >= 11 is 9.02. The predicted octanol–water partition coefficient (Wildman–Crippen LogP) is 6.72. The number of esters is 1. The van der Waals surface area contributed by atoms with Gasteiger partial charge in [0, 0.05) is 22.5 Å². The molecule has 0 radical (unpaired) electrons. The van der Waals surface area contributed by atoms with Crippen LogP contribution in [0.15, 0.2) is 53.9 Å². The fraction of sp³-hybridized carbons (Fsp3) is 0.375. The molecule has 0 aliphatic carbocycles. The van der Waals surface area contributed by atoms with E-state index < -0.39 is 11.6 Å². The number of hydrogen-bond acceptors (Lipinski definition) is 12. The molecule has 2 heterocycles. The molecular formula is C32H37ClN4O7S2. The molecule has 0 unspecified atom stereocenters. The Kier molecular flexibility index (Phi) is 12.9. The highest BCUT2D eigenvalue weighted by Gasteiger charge is 2.21. The number of phenolic OH excluding ortho intramolecular Hbond substituents is 1. The molecule has 0 fully saturated rings. The summed E-state index contributed by atoms with van der Waals surface area (Å²) in [5.41, 5.74) is 1.92. The minimum atomic E-state index is -0.551. The van der Waals surface area contributed by atoms with Crippen LogP contribution in [0.4, 0.5) is 16.0 Å². The minimum Gasteiger partial charge on any atom is -0.506 e. The van der Waals surface area contributed by atoms with Crippen LogP contribution < -0.4 is 10.2 Å². The van der Waals surface area contributed by atoms with Crippen LogP contribution in [0.1, 0.15) is 36.8 Å². The summed E-state index contributed by atoms with van der Waals surface area (Å²) in [7, 11) is 0. The second-order valence-electron chi connectivity index (χ2n) is 10.9. The molecule has 246 valence electrons. The van der Waals surface area contributed by atoms with Gasteiger partial charge in [-0.1, -0.05) is 41.1 Å². The van der Waals surface area contributed by atoms with Crippen molar-refractivity contribution < 1.29 is 33.6 Å². The number of amides is 1. The Morgan fingerprint density at radius 3 is 2.39 bits per heavy atom. The van der Waals surface area contributed by atoms with Crippen molar-refractivity contribution in [3.8, 4) is 16.3 Å². The average Bonchev–Trinajstić information content (AvgIpc) is 3.63. The van der Waals surface area contributed by atoms with E-state index in [0.29, 0.717) is 65.2 Å². The largest absolute Gasteiger partial charge is 0.506 e. The summed E-state index contributed by atoms with van der Waals surface area (Å²) < 4.78 is 21.8. The lowest BCUT2D eigenvalue weighted by Crippen LogP contribution is -2.27. The van der Waals surface area contributed by atoms with E-state index in [1.54, 1.807) is 57.2 Å². The number of nitrogens with zero attached hydrogens (tertiary/aromatic N) is 3. The lowest BCUT2D eigenvalue weighted by Gasteiger charge is -2.23. The molecule has 0 spiro atoms. The molecule has 1 amide bonds. The quantitative estimate of drug-likeness (QED) is 0.0966. The molecule has 0 atom stereocenters. The summed E-state index contributed by atoms with van der Waals surface area (Å²) in [5, 5.41) is 17.0. The number of halogens is 1. The third-order valence-electron chi connectivity index (χ3n) is 6.08. The van der Waals surface area contributed by atoms with Crippen molar-refractivity contribution in [2.45, 2.75) is 33.3 Å². The molecule has 2 N–H and O–H groups in total. The highest BCUT2D eigenvalue weighted by atomic mass is 35.5. The number of rotatable bonds is 16. The maximum absolute atomic E-state index is 12.6. The number of nitrogens with one attached hydrogen (secondary N) is 1. The number of benzene rings is 2. The topological polar surface area (TPSA) is 132 Å². The number of carbonyl (C=O) groups is 2. The second kappa shape index (κ2) is 16.8. The Morgan fingerprint density at radius 1 is 0.978 bits per heavy atom. The molecule has 11 nitrogen and oxygen atoms in total. The van der Waals surface area contributed by atoms with Gasteiger partial charge in [-0.05, 0) is 58.0 Å². The first-order chi connectivity index (χ1) is 22.0. The van der Waals surface area contributed by atoms with E-state index in [4.69, 9.17) is 35.5 Å². The number of carbonyl (C=O) groups excluding carboxylic acids is 2. The fourth-order valence-electron chi connectivity index (χ4n) is 4.09. The van der Waals surface area contributed by atoms with E-state index in [9.17, 15) is 14.7 Å². The number of hydrogen-bond donors (Lipinski definition) is 2. The summed E-state index contributed by atoms with van der Waals surface area (Å²) in [6.07, 6.45) is 0. The van der Waals surface area contributed by atoms with Crippen LogP contribution in [-0.4, -0.2) is 78.7 Å². The van der Waals surface area contributed by atoms with Crippen LogP contribution in [0.3, 0.4) is 0 Å². The molecular weight excluding hydrogens is 652 g/mol. The Hall–Kier alpha value is -3.59. The van der Waals surface area contributed by atoms with Crippen molar-refractivity contribution in [2.75, 3.05) is 56.4 Å². The highest BCUT2D eigenvalue weighted by Crippen LogP contribution is 2.40. The first-order valence-electron chi connectivity index (χ1n) is 14.5. The van der Waals surface area contributed by atoms with Gasteiger partial charge in [0.25, 0.3) is 5.91 Å².